The average molecular weight is 301 g/mol. The van der Waals surface area contributed by atoms with Crippen molar-refractivity contribution in [2.75, 3.05) is 6.61 Å². The third-order valence-electron chi connectivity index (χ3n) is 4.11. The quantitative estimate of drug-likeness (QED) is 0.825. The monoisotopic (exact) mass is 301 g/mol. The van der Waals surface area contributed by atoms with Crippen molar-refractivity contribution in [2.45, 2.75) is 52.6 Å². The zero-order valence-electron chi connectivity index (χ0n) is 14.0. The van der Waals surface area contributed by atoms with E-state index in [1.165, 1.54) is 11.3 Å². The van der Waals surface area contributed by atoms with E-state index in [4.69, 9.17) is 10.2 Å². The number of rotatable bonds is 7. The Morgan fingerprint density at radius 1 is 1.18 bits per heavy atom. The van der Waals surface area contributed by atoms with Crippen molar-refractivity contribution in [1.82, 2.24) is 15.1 Å². The number of aliphatic hydroxyl groups excluding tert-OH is 1. The highest BCUT2D eigenvalue weighted by molar-refractivity contribution is 5.38. The van der Waals surface area contributed by atoms with Gasteiger partial charge in [-0.2, -0.15) is 5.10 Å². The lowest BCUT2D eigenvalue weighted by atomic mass is 10.0. The van der Waals surface area contributed by atoms with Gasteiger partial charge in [-0.15, -0.1) is 0 Å². The van der Waals surface area contributed by atoms with Crippen molar-refractivity contribution >= 4 is 0 Å². The van der Waals surface area contributed by atoms with Gasteiger partial charge in [0.05, 0.1) is 11.4 Å². The topological polar surface area (TPSA) is 50.1 Å². The molecule has 0 spiro atoms. The molecule has 0 saturated heterocycles. The molecule has 2 unspecified atom stereocenters. The number of nitrogens with zero attached hydrogens (tertiary/aromatic N) is 2. The highest BCUT2D eigenvalue weighted by atomic mass is 16.2. The molecule has 1 aromatic carbocycles. The van der Waals surface area contributed by atoms with Crippen LogP contribution in [0.2, 0.25) is 0 Å². The minimum Gasteiger partial charge on any atom is -0.396 e. The van der Waals surface area contributed by atoms with Gasteiger partial charge in [0.25, 0.3) is 0 Å². The van der Waals surface area contributed by atoms with Gasteiger partial charge >= 0.3 is 0 Å². The molecule has 4 nitrogen and oxygen atoms in total. The normalized spacial score (nSPS) is 14.0. The number of hydrogen-bond acceptors (Lipinski definition) is 3. The van der Waals surface area contributed by atoms with Crippen LogP contribution in [-0.4, -0.2) is 27.5 Å². The minimum absolute atomic E-state index is 0.242. The maximum atomic E-state index is 8.94. The summed E-state index contributed by atoms with van der Waals surface area (Å²) in [7, 11) is 0. The van der Waals surface area contributed by atoms with Gasteiger partial charge in [0.15, 0.2) is 0 Å². The van der Waals surface area contributed by atoms with Crippen LogP contribution < -0.4 is 5.32 Å². The fourth-order valence-corrected chi connectivity index (χ4v) is 3.09. The molecular formula is C18H27N3O. The van der Waals surface area contributed by atoms with Crippen molar-refractivity contribution in [3.63, 3.8) is 0 Å². The van der Waals surface area contributed by atoms with Crippen molar-refractivity contribution in [3.8, 4) is 5.69 Å². The summed E-state index contributed by atoms with van der Waals surface area (Å²) in [4.78, 5) is 0. The summed E-state index contributed by atoms with van der Waals surface area (Å²) in [6, 6.07) is 10.8. The summed E-state index contributed by atoms with van der Waals surface area (Å²) >= 11 is 0. The number of aryl methyl sites for hydroxylation is 1. The molecule has 0 saturated carbocycles. The number of nitrogens with one attached hydrogen (secondary N) is 1. The smallest absolute Gasteiger partial charge is 0.0648 e. The number of hydrogen-bond donors (Lipinski definition) is 2. The van der Waals surface area contributed by atoms with Crippen molar-refractivity contribution in [3.05, 3.63) is 47.3 Å². The minimum atomic E-state index is 0.242. The van der Waals surface area contributed by atoms with Crippen LogP contribution in [0.15, 0.2) is 30.3 Å². The maximum absolute atomic E-state index is 8.94. The molecule has 2 rings (SSSR count). The van der Waals surface area contributed by atoms with E-state index in [0.717, 1.165) is 24.2 Å². The molecule has 2 atom stereocenters. The van der Waals surface area contributed by atoms with Crippen LogP contribution in [0.5, 0.6) is 0 Å². The Morgan fingerprint density at radius 2 is 1.86 bits per heavy atom. The standard InChI is InChI=1S/C18H27N3O/c1-13(9-8-12-22)19-14(2)18-15(3)20-21(16(18)4)17-10-6-5-7-11-17/h5-7,10-11,13-14,19,22H,8-9,12H2,1-4H3. The Balaban J connectivity index is 2.20. The fraction of sp³-hybridized carbons (Fsp3) is 0.500. The summed E-state index contributed by atoms with van der Waals surface area (Å²) in [5, 5.41) is 17.3. The van der Waals surface area contributed by atoms with Gasteiger partial charge in [-0.25, -0.2) is 4.68 Å². The van der Waals surface area contributed by atoms with E-state index < -0.39 is 0 Å². The van der Waals surface area contributed by atoms with Crippen LogP contribution in [0.3, 0.4) is 0 Å². The van der Waals surface area contributed by atoms with E-state index in [1.54, 1.807) is 0 Å². The van der Waals surface area contributed by atoms with Crippen LogP contribution in [0.4, 0.5) is 0 Å². The number of benzene rings is 1. The van der Waals surface area contributed by atoms with Crippen LogP contribution in [0.1, 0.15) is 49.7 Å². The lowest BCUT2D eigenvalue weighted by molar-refractivity contribution is 0.274. The molecule has 2 N–H and O–H groups in total. The fourth-order valence-electron chi connectivity index (χ4n) is 3.09. The second kappa shape index (κ2) is 7.56. The number of aliphatic hydroxyl groups is 1. The predicted octanol–water partition coefficient (Wildman–Crippen LogP) is 3.30. The Kier molecular flexibility index (Phi) is 5.75. The molecule has 0 fully saturated rings. The molecule has 0 aliphatic rings. The van der Waals surface area contributed by atoms with Crippen LogP contribution in [-0.2, 0) is 0 Å². The van der Waals surface area contributed by atoms with E-state index in [2.05, 4.69) is 45.1 Å². The predicted molar refractivity (Wildman–Crippen MR) is 90.4 cm³/mol. The molecule has 0 radical (unpaired) electrons. The van der Waals surface area contributed by atoms with Crippen LogP contribution in [0.25, 0.3) is 5.69 Å². The van der Waals surface area contributed by atoms with E-state index >= 15 is 0 Å². The zero-order chi connectivity index (χ0) is 16.1. The average Bonchev–Trinajstić information content (AvgIpc) is 2.81. The second-order valence-electron chi connectivity index (χ2n) is 5.99. The lowest BCUT2D eigenvalue weighted by Gasteiger charge is -2.20. The van der Waals surface area contributed by atoms with Gasteiger partial charge in [-0.1, -0.05) is 18.2 Å². The Hall–Kier alpha value is -1.65. The summed E-state index contributed by atoms with van der Waals surface area (Å²) < 4.78 is 2.02. The zero-order valence-corrected chi connectivity index (χ0v) is 14.0. The first-order valence-corrected chi connectivity index (χ1v) is 8.03. The maximum Gasteiger partial charge on any atom is 0.0648 e. The summed E-state index contributed by atoms with van der Waals surface area (Å²) in [6.07, 6.45) is 1.81. The van der Waals surface area contributed by atoms with Gasteiger partial charge in [-0.05, 0) is 52.7 Å². The molecular weight excluding hydrogens is 274 g/mol. The second-order valence-corrected chi connectivity index (χ2v) is 5.99. The van der Waals surface area contributed by atoms with Gasteiger partial charge < -0.3 is 10.4 Å². The lowest BCUT2D eigenvalue weighted by Crippen LogP contribution is -2.29. The SMILES string of the molecule is Cc1nn(-c2ccccc2)c(C)c1C(C)NC(C)CCCO. The summed E-state index contributed by atoms with van der Waals surface area (Å²) in [5.74, 6) is 0. The Bertz CT molecular complexity index is 592. The summed E-state index contributed by atoms with van der Waals surface area (Å²) in [5.41, 5.74) is 4.60. The molecule has 0 bridgehead atoms. The molecule has 22 heavy (non-hydrogen) atoms. The molecule has 0 aliphatic carbocycles. The third-order valence-corrected chi connectivity index (χ3v) is 4.11. The first kappa shape index (κ1) is 16.7. The molecule has 120 valence electrons. The first-order chi connectivity index (χ1) is 10.5. The molecule has 2 aromatic rings. The highest BCUT2D eigenvalue weighted by Gasteiger charge is 2.19. The largest absolute Gasteiger partial charge is 0.396 e. The molecule has 1 aromatic heterocycles. The van der Waals surface area contributed by atoms with E-state index in [1.807, 2.05) is 22.9 Å². The highest BCUT2D eigenvalue weighted by Crippen LogP contribution is 2.24. The number of para-hydroxylation sites is 1. The van der Waals surface area contributed by atoms with E-state index in [9.17, 15) is 0 Å². The molecule has 0 aliphatic heterocycles. The van der Waals surface area contributed by atoms with E-state index in [-0.39, 0.29) is 12.6 Å². The van der Waals surface area contributed by atoms with E-state index in [0.29, 0.717) is 6.04 Å². The van der Waals surface area contributed by atoms with Gasteiger partial charge in [-0.3, -0.25) is 0 Å². The molecule has 0 amide bonds. The van der Waals surface area contributed by atoms with Crippen LogP contribution >= 0.6 is 0 Å². The van der Waals surface area contributed by atoms with Crippen molar-refractivity contribution < 1.29 is 5.11 Å². The molecule has 1 heterocycles. The third kappa shape index (κ3) is 3.76. The summed E-state index contributed by atoms with van der Waals surface area (Å²) in [6.45, 7) is 8.79. The van der Waals surface area contributed by atoms with Gasteiger partial charge in [0, 0.05) is 29.9 Å². The first-order valence-electron chi connectivity index (χ1n) is 8.03. The Labute approximate surface area is 133 Å². The van der Waals surface area contributed by atoms with Gasteiger partial charge in [0.2, 0.25) is 0 Å². The molecule has 4 heteroatoms. The van der Waals surface area contributed by atoms with Gasteiger partial charge in [0.1, 0.15) is 0 Å². The van der Waals surface area contributed by atoms with Crippen LogP contribution in [0, 0.1) is 13.8 Å². The van der Waals surface area contributed by atoms with Crippen molar-refractivity contribution in [2.24, 2.45) is 0 Å². The Morgan fingerprint density at radius 3 is 2.50 bits per heavy atom. The number of aromatic nitrogens is 2. The van der Waals surface area contributed by atoms with Crippen molar-refractivity contribution in [1.29, 1.82) is 0 Å².